The highest BCUT2D eigenvalue weighted by Gasteiger charge is 2.42. The third kappa shape index (κ3) is 3.79. The van der Waals surface area contributed by atoms with Crippen molar-refractivity contribution in [1.82, 2.24) is 14.9 Å². The van der Waals surface area contributed by atoms with Gasteiger partial charge in [-0.2, -0.15) is 0 Å². The van der Waals surface area contributed by atoms with Crippen molar-refractivity contribution in [2.45, 2.75) is 11.6 Å². The molecule has 0 radical (unpaired) electrons. The van der Waals surface area contributed by atoms with Crippen molar-refractivity contribution >= 4 is 40.0 Å². The molecule has 8 heteroatoms. The zero-order valence-corrected chi connectivity index (χ0v) is 19.3. The van der Waals surface area contributed by atoms with Crippen LogP contribution in [0.4, 0.5) is 0 Å². The summed E-state index contributed by atoms with van der Waals surface area (Å²) in [5, 5.41) is 15.4. The van der Waals surface area contributed by atoms with Crippen LogP contribution in [0.25, 0.3) is 10.9 Å². The number of fused-ring (bicyclic) bond motifs is 1. The fourth-order valence-electron chi connectivity index (χ4n) is 4.18. The number of nitrogens with one attached hydrogen (secondary N) is 1. The Morgan fingerprint density at radius 1 is 1.15 bits per heavy atom. The molecule has 3 heterocycles. The van der Waals surface area contributed by atoms with Gasteiger partial charge in [-0.1, -0.05) is 53.5 Å². The van der Waals surface area contributed by atoms with Crippen LogP contribution in [0.15, 0.2) is 67.0 Å². The molecule has 2 aromatic heterocycles. The van der Waals surface area contributed by atoms with Gasteiger partial charge in [0.15, 0.2) is 0 Å². The molecule has 33 heavy (non-hydrogen) atoms. The van der Waals surface area contributed by atoms with Crippen molar-refractivity contribution in [1.29, 1.82) is 0 Å². The van der Waals surface area contributed by atoms with Gasteiger partial charge >= 0.3 is 0 Å². The van der Waals surface area contributed by atoms with Crippen LogP contribution in [0, 0.1) is 0 Å². The van der Waals surface area contributed by atoms with E-state index in [4.69, 9.17) is 27.9 Å². The molecule has 2 N–H and O–H groups in total. The Morgan fingerprint density at radius 2 is 1.91 bits per heavy atom. The molecule has 6 nitrogen and oxygen atoms in total. The van der Waals surface area contributed by atoms with Gasteiger partial charge in [-0.3, -0.25) is 9.78 Å². The molecule has 1 fully saturated rings. The normalized spacial score (nSPS) is 15.8. The average molecular weight is 482 g/mol. The van der Waals surface area contributed by atoms with Gasteiger partial charge < -0.3 is 19.7 Å². The highest BCUT2D eigenvalue weighted by Crippen LogP contribution is 2.34. The highest BCUT2D eigenvalue weighted by molar-refractivity contribution is 6.45. The van der Waals surface area contributed by atoms with E-state index >= 15 is 0 Å². The molecule has 168 valence electrons. The van der Waals surface area contributed by atoms with Gasteiger partial charge in [0.2, 0.25) is 0 Å². The summed E-state index contributed by atoms with van der Waals surface area (Å²) >= 11 is 12.5. The summed E-state index contributed by atoms with van der Waals surface area (Å²) in [6, 6.07) is 16.5. The first-order valence-corrected chi connectivity index (χ1v) is 11.2. The molecule has 1 amide bonds. The number of aryl methyl sites for hydroxylation is 1. The van der Waals surface area contributed by atoms with Crippen molar-refractivity contribution in [3.63, 3.8) is 0 Å². The van der Waals surface area contributed by atoms with Crippen molar-refractivity contribution in [2.24, 2.45) is 7.05 Å². The molecular formula is C25H21Cl2N3O3. The molecule has 0 spiro atoms. The van der Waals surface area contributed by atoms with E-state index in [1.165, 1.54) is 0 Å². The van der Waals surface area contributed by atoms with Gasteiger partial charge in [0.05, 0.1) is 23.3 Å². The molecule has 4 aromatic rings. The summed E-state index contributed by atoms with van der Waals surface area (Å²) < 4.78 is 7.28. The van der Waals surface area contributed by atoms with Crippen molar-refractivity contribution in [3.8, 4) is 0 Å². The molecule has 0 saturated carbocycles. The largest absolute Gasteiger partial charge is 0.384 e. The Hall–Kier alpha value is -2.90. The molecular weight excluding hydrogens is 461 g/mol. The SMILES string of the molecule is Cn1c(C(=O)NC2(c3ccc([C@@H](O)c4cccnc4)cc3)COC2)cc2c(Cl)c(Cl)ccc21. The first-order chi connectivity index (χ1) is 15.9. The predicted molar refractivity (Wildman–Crippen MR) is 128 cm³/mol. The van der Waals surface area contributed by atoms with E-state index in [0.29, 0.717) is 29.0 Å². The number of hydrogen-bond acceptors (Lipinski definition) is 4. The molecule has 0 unspecified atom stereocenters. The van der Waals surface area contributed by atoms with Crippen LogP contribution in [0.3, 0.4) is 0 Å². The number of hydrogen-bond donors (Lipinski definition) is 2. The fraction of sp³-hybridized carbons (Fsp3) is 0.200. The molecule has 1 aliphatic rings. The van der Waals surface area contributed by atoms with E-state index in [1.807, 2.05) is 43.4 Å². The van der Waals surface area contributed by atoms with Crippen LogP contribution >= 0.6 is 23.2 Å². The van der Waals surface area contributed by atoms with Crippen LogP contribution in [-0.2, 0) is 17.3 Å². The van der Waals surface area contributed by atoms with E-state index in [2.05, 4.69) is 10.3 Å². The lowest BCUT2D eigenvalue weighted by Crippen LogP contribution is -2.59. The van der Waals surface area contributed by atoms with Crippen LogP contribution in [-0.4, -0.2) is 33.8 Å². The molecule has 5 rings (SSSR count). The Labute approximate surface area is 200 Å². The van der Waals surface area contributed by atoms with Crippen LogP contribution in [0.2, 0.25) is 10.0 Å². The number of benzene rings is 2. The van der Waals surface area contributed by atoms with Crippen molar-refractivity contribution in [3.05, 3.63) is 99.4 Å². The second-order valence-corrected chi connectivity index (χ2v) is 9.01. The van der Waals surface area contributed by atoms with Crippen LogP contribution in [0.1, 0.15) is 33.3 Å². The fourth-order valence-corrected chi connectivity index (χ4v) is 4.56. The number of carbonyl (C=O) groups excluding carboxylic acids is 1. The Morgan fingerprint density at radius 3 is 2.55 bits per heavy atom. The zero-order chi connectivity index (χ0) is 23.2. The maximum atomic E-state index is 13.3. The Bertz CT molecular complexity index is 1330. The number of pyridine rings is 1. The second kappa shape index (κ2) is 8.47. The van der Waals surface area contributed by atoms with E-state index in [0.717, 1.165) is 27.6 Å². The lowest BCUT2D eigenvalue weighted by Gasteiger charge is -2.42. The van der Waals surface area contributed by atoms with Gasteiger partial charge in [0.1, 0.15) is 17.3 Å². The highest BCUT2D eigenvalue weighted by atomic mass is 35.5. The average Bonchev–Trinajstić information content (AvgIpc) is 3.16. The molecule has 2 aromatic carbocycles. The number of rotatable bonds is 5. The Balaban J connectivity index is 1.41. The zero-order valence-electron chi connectivity index (χ0n) is 17.8. The number of ether oxygens (including phenoxy) is 1. The van der Waals surface area contributed by atoms with Crippen LogP contribution < -0.4 is 5.32 Å². The molecule has 1 atom stereocenters. The summed E-state index contributed by atoms with van der Waals surface area (Å²) in [4.78, 5) is 17.3. The minimum atomic E-state index is -0.775. The minimum Gasteiger partial charge on any atom is -0.384 e. The smallest absolute Gasteiger partial charge is 0.268 e. The minimum absolute atomic E-state index is 0.233. The van der Waals surface area contributed by atoms with Gasteiger partial charge in [0.25, 0.3) is 5.91 Å². The van der Waals surface area contributed by atoms with E-state index in [9.17, 15) is 9.90 Å². The maximum absolute atomic E-state index is 13.3. The molecule has 0 bridgehead atoms. The third-order valence-electron chi connectivity index (χ3n) is 6.17. The van der Waals surface area contributed by atoms with Crippen molar-refractivity contribution < 1.29 is 14.6 Å². The van der Waals surface area contributed by atoms with Crippen LogP contribution in [0.5, 0.6) is 0 Å². The number of amides is 1. The summed E-state index contributed by atoms with van der Waals surface area (Å²) in [5.41, 5.74) is 3.02. The van der Waals surface area contributed by atoms with Gasteiger partial charge in [-0.05, 0) is 35.4 Å². The lowest BCUT2D eigenvalue weighted by atomic mass is 9.86. The monoisotopic (exact) mass is 481 g/mol. The maximum Gasteiger partial charge on any atom is 0.268 e. The summed E-state index contributed by atoms with van der Waals surface area (Å²) in [6.07, 6.45) is 2.53. The number of carbonyl (C=O) groups is 1. The van der Waals surface area contributed by atoms with Gasteiger partial charge in [-0.15, -0.1) is 0 Å². The first-order valence-electron chi connectivity index (χ1n) is 10.4. The number of aromatic nitrogens is 2. The number of aliphatic hydroxyl groups excluding tert-OH is 1. The predicted octanol–water partition coefficient (Wildman–Crippen LogP) is 4.62. The molecule has 1 aliphatic heterocycles. The lowest BCUT2D eigenvalue weighted by molar-refractivity contribution is -0.0735. The summed E-state index contributed by atoms with van der Waals surface area (Å²) in [7, 11) is 1.82. The van der Waals surface area contributed by atoms with Gasteiger partial charge in [0, 0.05) is 35.9 Å². The topological polar surface area (TPSA) is 76.4 Å². The number of halogens is 2. The summed E-state index contributed by atoms with van der Waals surface area (Å²) in [6.45, 7) is 0.722. The standard InChI is InChI=1S/C25H21Cl2N3O3/c1-30-20-9-8-19(26)22(27)18(20)11-21(30)24(32)29-25(13-33-14-25)17-6-4-15(5-7-17)23(31)16-3-2-10-28-12-16/h2-12,23,31H,13-14H2,1H3,(H,29,32)/t23-/m1/s1. The van der Waals surface area contributed by atoms with E-state index in [1.54, 1.807) is 35.2 Å². The number of nitrogens with zero attached hydrogens (tertiary/aromatic N) is 2. The molecule has 0 aliphatic carbocycles. The van der Waals surface area contributed by atoms with E-state index in [-0.39, 0.29) is 5.91 Å². The number of aliphatic hydroxyl groups is 1. The van der Waals surface area contributed by atoms with E-state index < -0.39 is 11.6 Å². The summed E-state index contributed by atoms with van der Waals surface area (Å²) in [5.74, 6) is -0.233. The van der Waals surface area contributed by atoms with Gasteiger partial charge in [-0.25, -0.2) is 0 Å². The third-order valence-corrected chi connectivity index (χ3v) is 6.99. The second-order valence-electron chi connectivity index (χ2n) is 8.22. The first kappa shape index (κ1) is 21.9. The molecule has 1 saturated heterocycles. The quantitative estimate of drug-likeness (QED) is 0.436. The Kier molecular flexibility index (Phi) is 5.62. The van der Waals surface area contributed by atoms with Crippen molar-refractivity contribution in [2.75, 3.05) is 13.2 Å².